The number of hydrogen-bond donors (Lipinski definition) is 2. The smallest absolute Gasteiger partial charge is 0.425 e. The number of aromatic nitrogens is 2. The van der Waals surface area contributed by atoms with Crippen LogP contribution in [0.3, 0.4) is 0 Å². The van der Waals surface area contributed by atoms with Crippen LogP contribution in [0, 0.1) is 11.6 Å². The number of nitrogens with one attached hydrogen (secondary N) is 1. The molecule has 1 aliphatic carbocycles. The molecule has 1 fully saturated rings. The highest BCUT2D eigenvalue weighted by atomic mass is 35.5. The maximum absolute atomic E-state index is 15.3. The molecule has 1 atom stereocenters. The SMILES string of the molecule is CC(Oc1cc(-c2cn(C3CC3)c(C(C)(C)O)n2)c(F)cc1C(=O)Nc1c(F)cccc1Cl)C(F)(F)F. The van der Waals surface area contributed by atoms with Gasteiger partial charge in [0.15, 0.2) is 6.10 Å². The molecule has 0 radical (unpaired) electrons. The second-order valence-electron chi connectivity index (χ2n) is 9.33. The molecular formula is C25H23ClF5N3O3. The van der Waals surface area contributed by atoms with Crippen molar-refractivity contribution >= 4 is 23.2 Å². The molecule has 1 aromatic heterocycles. The summed E-state index contributed by atoms with van der Waals surface area (Å²) in [7, 11) is 0. The largest absolute Gasteiger partial charge is 0.480 e. The van der Waals surface area contributed by atoms with Crippen molar-refractivity contribution in [3.05, 3.63) is 64.6 Å². The standard InChI is InChI=1S/C25H23ClF5N3O3/c1-12(25(29,30)31)37-20-10-14(19-11-34(13-7-8-13)23(32-19)24(2,3)36)18(28)9-15(20)22(35)33-21-16(26)5-4-6-17(21)27/h4-6,9-13,36H,7-8H2,1-3H3,(H,33,35). The summed E-state index contributed by atoms with van der Waals surface area (Å²) in [4.78, 5) is 17.3. The molecule has 4 rings (SSSR count). The van der Waals surface area contributed by atoms with E-state index in [0.717, 1.165) is 31.9 Å². The number of imidazole rings is 1. The normalized spacial score (nSPS) is 15.0. The maximum Gasteiger partial charge on any atom is 0.425 e. The second-order valence-corrected chi connectivity index (χ2v) is 9.74. The van der Waals surface area contributed by atoms with Gasteiger partial charge in [0.25, 0.3) is 5.91 Å². The van der Waals surface area contributed by atoms with Crippen molar-refractivity contribution in [3.8, 4) is 17.0 Å². The minimum atomic E-state index is -4.79. The maximum atomic E-state index is 15.3. The Labute approximate surface area is 214 Å². The molecule has 1 heterocycles. The molecule has 6 nitrogen and oxygen atoms in total. The van der Waals surface area contributed by atoms with Crippen molar-refractivity contribution in [1.29, 1.82) is 0 Å². The monoisotopic (exact) mass is 543 g/mol. The molecule has 198 valence electrons. The quantitative estimate of drug-likeness (QED) is 0.328. The second kappa shape index (κ2) is 9.60. The zero-order valence-electron chi connectivity index (χ0n) is 20.0. The van der Waals surface area contributed by atoms with E-state index in [0.29, 0.717) is 6.07 Å². The number of alkyl halides is 3. The lowest BCUT2D eigenvalue weighted by atomic mass is 10.1. The molecule has 2 N–H and O–H groups in total. The van der Waals surface area contributed by atoms with Crippen LogP contribution in [0.1, 0.15) is 55.8 Å². The molecule has 0 spiro atoms. The fourth-order valence-corrected chi connectivity index (χ4v) is 3.90. The van der Waals surface area contributed by atoms with Gasteiger partial charge in [-0.1, -0.05) is 17.7 Å². The van der Waals surface area contributed by atoms with Crippen molar-refractivity contribution in [2.24, 2.45) is 0 Å². The summed E-state index contributed by atoms with van der Waals surface area (Å²) in [5.74, 6) is -3.36. The van der Waals surface area contributed by atoms with E-state index in [1.54, 1.807) is 4.57 Å². The third-order valence-corrected chi connectivity index (χ3v) is 6.09. The Bertz CT molecular complexity index is 1330. The van der Waals surface area contributed by atoms with Crippen LogP contribution in [0.2, 0.25) is 5.02 Å². The van der Waals surface area contributed by atoms with Gasteiger partial charge in [0.05, 0.1) is 22.0 Å². The van der Waals surface area contributed by atoms with Gasteiger partial charge in [-0.05, 0) is 57.9 Å². The Hall–Kier alpha value is -3.18. The number of benzene rings is 2. The van der Waals surface area contributed by atoms with E-state index in [-0.39, 0.29) is 28.1 Å². The van der Waals surface area contributed by atoms with Crippen molar-refractivity contribution in [1.82, 2.24) is 9.55 Å². The molecule has 37 heavy (non-hydrogen) atoms. The van der Waals surface area contributed by atoms with Crippen LogP contribution in [0.25, 0.3) is 11.3 Å². The van der Waals surface area contributed by atoms with Crippen LogP contribution in [0.4, 0.5) is 27.6 Å². The highest BCUT2D eigenvalue weighted by Crippen LogP contribution is 2.41. The summed E-state index contributed by atoms with van der Waals surface area (Å²) >= 11 is 5.93. The van der Waals surface area contributed by atoms with Gasteiger partial charge in [0.1, 0.15) is 28.8 Å². The van der Waals surface area contributed by atoms with E-state index in [9.17, 15) is 27.5 Å². The van der Waals surface area contributed by atoms with Gasteiger partial charge >= 0.3 is 6.18 Å². The number of para-hydroxylation sites is 1. The Morgan fingerprint density at radius 2 is 1.89 bits per heavy atom. The molecular weight excluding hydrogens is 521 g/mol. The molecule has 1 amide bonds. The molecule has 1 aliphatic rings. The average Bonchev–Trinajstić information content (AvgIpc) is 3.53. The lowest BCUT2D eigenvalue weighted by Crippen LogP contribution is -2.32. The molecule has 0 aliphatic heterocycles. The number of hydrogen-bond acceptors (Lipinski definition) is 4. The minimum Gasteiger partial charge on any atom is -0.480 e. The van der Waals surface area contributed by atoms with Crippen LogP contribution in [0.5, 0.6) is 5.75 Å². The summed E-state index contributed by atoms with van der Waals surface area (Å²) in [6, 6.07) is 5.29. The summed E-state index contributed by atoms with van der Waals surface area (Å²) in [5.41, 5.74) is -2.61. The first-order valence-electron chi connectivity index (χ1n) is 11.3. The Morgan fingerprint density at radius 3 is 2.46 bits per heavy atom. The van der Waals surface area contributed by atoms with E-state index >= 15 is 4.39 Å². The van der Waals surface area contributed by atoms with Gasteiger partial charge in [-0.25, -0.2) is 13.8 Å². The number of ether oxygens (including phenoxy) is 1. The van der Waals surface area contributed by atoms with Crippen LogP contribution in [-0.2, 0) is 5.60 Å². The number of carbonyl (C=O) groups excluding carboxylic acids is 1. The van der Waals surface area contributed by atoms with E-state index < -0.39 is 52.4 Å². The van der Waals surface area contributed by atoms with Crippen molar-refractivity contribution in [3.63, 3.8) is 0 Å². The fourth-order valence-electron chi connectivity index (χ4n) is 3.69. The van der Waals surface area contributed by atoms with Crippen molar-refractivity contribution < 1.29 is 36.6 Å². The summed E-state index contributed by atoms with van der Waals surface area (Å²) in [5, 5.41) is 12.5. The number of nitrogens with zero attached hydrogens (tertiary/aromatic N) is 2. The third kappa shape index (κ3) is 5.72. The van der Waals surface area contributed by atoms with Crippen LogP contribution >= 0.6 is 11.6 Å². The number of amides is 1. The molecule has 12 heteroatoms. The zero-order chi connectivity index (χ0) is 27.3. The average molecular weight is 544 g/mol. The molecule has 3 aromatic rings. The van der Waals surface area contributed by atoms with Crippen LogP contribution in [0.15, 0.2) is 36.5 Å². The number of rotatable bonds is 7. The van der Waals surface area contributed by atoms with Gasteiger partial charge in [-0.3, -0.25) is 4.79 Å². The number of carbonyl (C=O) groups is 1. The van der Waals surface area contributed by atoms with Crippen LogP contribution in [-0.4, -0.2) is 32.8 Å². The number of anilines is 1. The van der Waals surface area contributed by atoms with Gasteiger partial charge in [-0.15, -0.1) is 0 Å². The molecule has 2 aromatic carbocycles. The zero-order valence-corrected chi connectivity index (χ0v) is 20.7. The van der Waals surface area contributed by atoms with E-state index in [1.165, 1.54) is 32.2 Å². The van der Waals surface area contributed by atoms with Crippen LogP contribution < -0.4 is 10.1 Å². The minimum absolute atomic E-state index is 0.0372. The third-order valence-electron chi connectivity index (χ3n) is 5.78. The first-order chi connectivity index (χ1) is 17.2. The number of halogens is 6. The van der Waals surface area contributed by atoms with Gasteiger partial charge in [0, 0.05) is 17.8 Å². The topological polar surface area (TPSA) is 76.4 Å². The molecule has 0 saturated heterocycles. The highest BCUT2D eigenvalue weighted by Gasteiger charge is 2.39. The molecule has 0 bridgehead atoms. The summed E-state index contributed by atoms with van der Waals surface area (Å²) < 4.78 is 76.1. The van der Waals surface area contributed by atoms with Crippen molar-refractivity contribution in [2.75, 3.05) is 5.32 Å². The Balaban J connectivity index is 1.80. The van der Waals surface area contributed by atoms with Crippen molar-refractivity contribution in [2.45, 2.75) is 57.5 Å². The predicted molar refractivity (Wildman–Crippen MR) is 127 cm³/mol. The van der Waals surface area contributed by atoms with E-state index in [4.69, 9.17) is 16.3 Å². The summed E-state index contributed by atoms with van der Waals surface area (Å²) in [6.07, 6.45) is -3.99. The van der Waals surface area contributed by atoms with Gasteiger partial charge < -0.3 is 19.7 Å². The Morgan fingerprint density at radius 1 is 1.22 bits per heavy atom. The first-order valence-corrected chi connectivity index (χ1v) is 11.7. The van der Waals surface area contributed by atoms with Gasteiger partial charge in [-0.2, -0.15) is 13.2 Å². The summed E-state index contributed by atoms with van der Waals surface area (Å²) in [6.45, 7) is 3.75. The lowest BCUT2D eigenvalue weighted by molar-refractivity contribution is -0.189. The van der Waals surface area contributed by atoms with E-state index in [1.807, 2.05) is 0 Å². The highest BCUT2D eigenvalue weighted by molar-refractivity contribution is 6.34. The Kier molecular flexibility index (Phi) is 6.98. The number of aliphatic hydroxyl groups is 1. The first kappa shape index (κ1) is 26.9. The lowest BCUT2D eigenvalue weighted by Gasteiger charge is -2.20. The molecule has 1 saturated carbocycles. The molecule has 1 unspecified atom stereocenters. The van der Waals surface area contributed by atoms with E-state index in [2.05, 4.69) is 10.3 Å². The fraction of sp³-hybridized carbons (Fsp3) is 0.360. The predicted octanol–water partition coefficient (Wildman–Crippen LogP) is 6.63. The van der Waals surface area contributed by atoms with Gasteiger partial charge in [0.2, 0.25) is 0 Å².